The van der Waals surface area contributed by atoms with E-state index >= 15 is 0 Å². The van der Waals surface area contributed by atoms with Gasteiger partial charge in [-0.3, -0.25) is 0 Å². The van der Waals surface area contributed by atoms with E-state index in [0.717, 1.165) is 25.7 Å². The maximum absolute atomic E-state index is 10.1. The maximum atomic E-state index is 10.1. The van der Waals surface area contributed by atoms with Crippen LogP contribution in [-0.4, -0.2) is 22.4 Å². The van der Waals surface area contributed by atoms with Gasteiger partial charge in [-0.25, -0.2) is 0 Å². The molecule has 0 spiro atoms. The van der Waals surface area contributed by atoms with Gasteiger partial charge in [-0.05, 0) is 67.6 Å². The molecule has 0 amide bonds. The smallest absolute Gasteiger partial charge is 0.0545 e. The van der Waals surface area contributed by atoms with E-state index in [9.17, 15) is 10.2 Å². The fraction of sp³-hybridized carbons (Fsp3) is 1.00. The largest absolute Gasteiger partial charge is 0.393 e. The average molecular weight is 329 g/mol. The van der Waals surface area contributed by atoms with Crippen LogP contribution >= 0.6 is 0 Å². The summed E-state index contributed by atoms with van der Waals surface area (Å²) in [4.78, 5) is 0. The fourth-order valence-corrected chi connectivity index (χ4v) is 4.01. The normalized spacial score (nSPS) is 19.3. The van der Waals surface area contributed by atoms with Crippen LogP contribution in [0.5, 0.6) is 0 Å². The minimum absolute atomic E-state index is 0.137. The molecule has 0 aliphatic carbocycles. The Labute approximate surface area is 146 Å². The van der Waals surface area contributed by atoms with Crippen molar-refractivity contribution in [3.05, 3.63) is 0 Å². The van der Waals surface area contributed by atoms with Gasteiger partial charge in [0.15, 0.2) is 0 Å². The van der Waals surface area contributed by atoms with Crippen LogP contribution in [0.2, 0.25) is 0 Å². The molecule has 0 aliphatic heterocycles. The Hall–Kier alpha value is -0.0800. The quantitative estimate of drug-likeness (QED) is 0.603. The highest BCUT2D eigenvalue weighted by Crippen LogP contribution is 2.40. The average Bonchev–Trinajstić information content (AvgIpc) is 2.23. The van der Waals surface area contributed by atoms with Gasteiger partial charge in [-0.1, -0.05) is 55.4 Å². The molecule has 0 rings (SSSR count). The van der Waals surface area contributed by atoms with Crippen LogP contribution in [0.3, 0.4) is 0 Å². The summed E-state index contributed by atoms with van der Waals surface area (Å²) in [6.45, 7) is 21.8. The first-order valence-electron chi connectivity index (χ1n) is 9.44. The molecule has 0 fully saturated rings. The van der Waals surface area contributed by atoms with E-state index in [0.29, 0.717) is 11.8 Å². The van der Waals surface area contributed by atoms with Gasteiger partial charge in [0.05, 0.1) is 12.2 Å². The van der Waals surface area contributed by atoms with Crippen LogP contribution in [-0.2, 0) is 0 Å². The molecule has 0 radical (unpaired) electrons. The molecule has 0 aliphatic rings. The molecular formula is C21H44O2. The van der Waals surface area contributed by atoms with Crippen molar-refractivity contribution in [3.8, 4) is 0 Å². The zero-order valence-corrected chi connectivity index (χ0v) is 17.5. The van der Waals surface area contributed by atoms with Crippen molar-refractivity contribution in [2.45, 2.75) is 107 Å². The second kappa shape index (κ2) is 8.34. The summed E-state index contributed by atoms with van der Waals surface area (Å²) in [7, 11) is 0. The molecule has 0 heterocycles. The lowest BCUT2D eigenvalue weighted by atomic mass is 9.69. The second-order valence-electron chi connectivity index (χ2n) is 10.7. The Bertz CT molecular complexity index is 297. The number of hydrogen-bond acceptors (Lipinski definition) is 2. The highest BCUT2D eigenvalue weighted by atomic mass is 16.3. The first-order valence-corrected chi connectivity index (χ1v) is 9.44. The molecule has 0 aromatic carbocycles. The summed E-state index contributed by atoms with van der Waals surface area (Å²) in [6, 6.07) is 0. The van der Waals surface area contributed by atoms with Crippen LogP contribution in [0.1, 0.15) is 94.9 Å². The molecule has 23 heavy (non-hydrogen) atoms. The lowest BCUT2D eigenvalue weighted by Crippen LogP contribution is -2.33. The van der Waals surface area contributed by atoms with E-state index in [1.165, 1.54) is 0 Å². The summed E-state index contributed by atoms with van der Waals surface area (Å²) < 4.78 is 0. The standard InChI is InChI=1S/C21H44O2/c1-15(22)17(19(3,4)5)11-13-21(9,10)14-12-18(16(2)23)20(6,7)8/h15-18,22-23H,11-14H2,1-10H3. The summed E-state index contributed by atoms with van der Waals surface area (Å²) in [5, 5.41) is 20.2. The lowest BCUT2D eigenvalue weighted by Gasteiger charge is -2.38. The molecule has 0 saturated heterocycles. The topological polar surface area (TPSA) is 40.5 Å². The first-order chi connectivity index (χ1) is 10.1. The van der Waals surface area contributed by atoms with Crippen molar-refractivity contribution in [2.75, 3.05) is 0 Å². The molecule has 0 bridgehead atoms. The van der Waals surface area contributed by atoms with Gasteiger partial charge in [0.25, 0.3) is 0 Å². The van der Waals surface area contributed by atoms with Gasteiger partial charge < -0.3 is 10.2 Å². The highest BCUT2D eigenvalue weighted by Gasteiger charge is 2.33. The Morgan fingerprint density at radius 3 is 1.04 bits per heavy atom. The summed E-state index contributed by atoms with van der Waals surface area (Å²) in [6.07, 6.45) is 3.84. The van der Waals surface area contributed by atoms with Gasteiger partial charge in [-0.15, -0.1) is 0 Å². The summed E-state index contributed by atoms with van der Waals surface area (Å²) in [5.74, 6) is 0.661. The Morgan fingerprint density at radius 1 is 0.609 bits per heavy atom. The molecule has 0 saturated carbocycles. The second-order valence-corrected chi connectivity index (χ2v) is 10.7. The van der Waals surface area contributed by atoms with E-state index in [1.807, 2.05) is 13.8 Å². The van der Waals surface area contributed by atoms with Crippen LogP contribution in [0.15, 0.2) is 0 Å². The Kier molecular flexibility index (Phi) is 8.31. The SMILES string of the molecule is CC(O)C(CCC(C)(C)CCC(C(C)O)C(C)(C)C)C(C)(C)C. The summed E-state index contributed by atoms with van der Waals surface area (Å²) >= 11 is 0. The van der Waals surface area contributed by atoms with Crippen molar-refractivity contribution in [2.24, 2.45) is 28.1 Å². The lowest BCUT2D eigenvalue weighted by molar-refractivity contribution is 0.0307. The third kappa shape index (κ3) is 8.54. The van der Waals surface area contributed by atoms with E-state index in [-0.39, 0.29) is 28.5 Å². The molecule has 2 nitrogen and oxygen atoms in total. The van der Waals surface area contributed by atoms with E-state index in [4.69, 9.17) is 0 Å². The molecule has 4 atom stereocenters. The van der Waals surface area contributed by atoms with Gasteiger partial charge in [0.2, 0.25) is 0 Å². The van der Waals surface area contributed by atoms with Crippen molar-refractivity contribution < 1.29 is 10.2 Å². The molecule has 2 N–H and O–H groups in total. The van der Waals surface area contributed by atoms with Crippen LogP contribution in [0.4, 0.5) is 0 Å². The number of rotatable bonds is 8. The Balaban J connectivity index is 4.70. The maximum Gasteiger partial charge on any atom is 0.0545 e. The fourth-order valence-electron chi connectivity index (χ4n) is 4.01. The Morgan fingerprint density at radius 2 is 0.870 bits per heavy atom. The molecular weight excluding hydrogens is 284 g/mol. The summed E-state index contributed by atoms with van der Waals surface area (Å²) in [5.41, 5.74) is 0.520. The molecule has 0 aromatic rings. The van der Waals surface area contributed by atoms with Crippen molar-refractivity contribution in [3.63, 3.8) is 0 Å². The van der Waals surface area contributed by atoms with Gasteiger partial charge in [-0.2, -0.15) is 0 Å². The zero-order valence-electron chi connectivity index (χ0n) is 17.5. The van der Waals surface area contributed by atoms with Crippen LogP contribution < -0.4 is 0 Å². The molecule has 140 valence electrons. The van der Waals surface area contributed by atoms with E-state index in [1.54, 1.807) is 0 Å². The van der Waals surface area contributed by atoms with Crippen molar-refractivity contribution in [1.29, 1.82) is 0 Å². The van der Waals surface area contributed by atoms with Gasteiger partial charge in [0.1, 0.15) is 0 Å². The highest BCUT2D eigenvalue weighted by molar-refractivity contribution is 4.83. The predicted molar refractivity (Wildman–Crippen MR) is 102 cm³/mol. The number of aliphatic hydroxyl groups excluding tert-OH is 2. The van der Waals surface area contributed by atoms with Crippen LogP contribution in [0, 0.1) is 28.1 Å². The van der Waals surface area contributed by atoms with Gasteiger partial charge in [0, 0.05) is 0 Å². The molecule has 0 aromatic heterocycles. The monoisotopic (exact) mass is 328 g/mol. The zero-order chi connectivity index (χ0) is 18.6. The van der Waals surface area contributed by atoms with Gasteiger partial charge >= 0.3 is 0 Å². The predicted octanol–water partition coefficient (Wildman–Crippen LogP) is 5.66. The molecule has 4 unspecified atom stereocenters. The minimum atomic E-state index is -0.259. The van der Waals surface area contributed by atoms with E-state index in [2.05, 4.69) is 55.4 Å². The minimum Gasteiger partial charge on any atom is -0.393 e. The number of hydrogen-bond donors (Lipinski definition) is 2. The third-order valence-electron chi connectivity index (χ3n) is 5.65. The van der Waals surface area contributed by atoms with Crippen molar-refractivity contribution in [1.82, 2.24) is 0 Å². The molecule has 2 heteroatoms. The third-order valence-corrected chi connectivity index (χ3v) is 5.65. The van der Waals surface area contributed by atoms with E-state index < -0.39 is 0 Å². The van der Waals surface area contributed by atoms with Crippen LogP contribution in [0.25, 0.3) is 0 Å². The van der Waals surface area contributed by atoms with Crippen molar-refractivity contribution >= 4 is 0 Å². The first kappa shape index (κ1) is 22.9. The number of aliphatic hydroxyl groups is 2.